The summed E-state index contributed by atoms with van der Waals surface area (Å²) in [6, 6.07) is 6.58. The van der Waals surface area contributed by atoms with Crippen LogP contribution in [0.1, 0.15) is 30.6 Å². The molecule has 0 saturated heterocycles. The lowest BCUT2D eigenvalue weighted by Gasteiger charge is -2.25. The first-order valence-electron chi connectivity index (χ1n) is 7.74. The number of hydrogen-bond acceptors (Lipinski definition) is 5. The Balaban J connectivity index is 2.94. The molecule has 0 aliphatic rings. The number of aliphatic hydroxyl groups is 1. The van der Waals surface area contributed by atoms with Crippen LogP contribution < -0.4 is 5.32 Å². The second-order valence-corrected chi connectivity index (χ2v) is 5.51. The SMILES string of the molecule is COC(=O)C(C)CN(CCCO)C(=O)c1cccc(NC(C)=O)c1. The van der Waals surface area contributed by atoms with Gasteiger partial charge in [-0.1, -0.05) is 13.0 Å². The van der Waals surface area contributed by atoms with Crippen molar-refractivity contribution in [3.8, 4) is 0 Å². The number of nitrogens with zero attached hydrogens (tertiary/aromatic N) is 1. The van der Waals surface area contributed by atoms with E-state index in [1.54, 1.807) is 31.2 Å². The molecule has 7 heteroatoms. The zero-order valence-electron chi connectivity index (χ0n) is 14.2. The number of amides is 2. The van der Waals surface area contributed by atoms with Crippen molar-refractivity contribution in [1.29, 1.82) is 0 Å². The Bertz CT molecular complexity index is 588. The number of carbonyl (C=O) groups excluding carboxylic acids is 3. The maximum Gasteiger partial charge on any atom is 0.310 e. The number of nitrogens with one attached hydrogen (secondary N) is 1. The number of esters is 1. The third-order valence-electron chi connectivity index (χ3n) is 3.40. The summed E-state index contributed by atoms with van der Waals surface area (Å²) in [7, 11) is 1.30. The van der Waals surface area contributed by atoms with Crippen LogP contribution in [0.25, 0.3) is 0 Å². The minimum Gasteiger partial charge on any atom is -0.469 e. The van der Waals surface area contributed by atoms with E-state index in [2.05, 4.69) is 5.32 Å². The number of rotatable bonds is 8. The number of anilines is 1. The summed E-state index contributed by atoms with van der Waals surface area (Å²) >= 11 is 0. The molecule has 1 aromatic carbocycles. The predicted molar refractivity (Wildman–Crippen MR) is 89.5 cm³/mol. The zero-order valence-corrected chi connectivity index (χ0v) is 14.2. The highest BCUT2D eigenvalue weighted by Gasteiger charge is 2.22. The van der Waals surface area contributed by atoms with Gasteiger partial charge in [0.1, 0.15) is 0 Å². The Morgan fingerprint density at radius 3 is 2.62 bits per heavy atom. The van der Waals surface area contributed by atoms with Crippen LogP contribution in [-0.4, -0.2) is 54.6 Å². The molecule has 0 spiro atoms. The first-order chi connectivity index (χ1) is 11.4. The summed E-state index contributed by atoms with van der Waals surface area (Å²) in [6.45, 7) is 3.53. The maximum absolute atomic E-state index is 12.7. The summed E-state index contributed by atoms with van der Waals surface area (Å²) < 4.78 is 4.69. The van der Waals surface area contributed by atoms with Crippen molar-refractivity contribution in [3.63, 3.8) is 0 Å². The number of carbonyl (C=O) groups is 3. The molecule has 1 atom stereocenters. The summed E-state index contributed by atoms with van der Waals surface area (Å²) in [5, 5.41) is 11.6. The van der Waals surface area contributed by atoms with E-state index >= 15 is 0 Å². The molecule has 0 aliphatic heterocycles. The molecule has 0 aliphatic carbocycles. The third-order valence-corrected chi connectivity index (χ3v) is 3.40. The van der Waals surface area contributed by atoms with Crippen LogP contribution in [0.3, 0.4) is 0 Å². The first-order valence-corrected chi connectivity index (χ1v) is 7.74. The van der Waals surface area contributed by atoms with Crippen molar-refractivity contribution in [1.82, 2.24) is 4.90 Å². The molecule has 24 heavy (non-hydrogen) atoms. The Labute approximate surface area is 141 Å². The van der Waals surface area contributed by atoms with E-state index < -0.39 is 11.9 Å². The van der Waals surface area contributed by atoms with Gasteiger partial charge in [-0.2, -0.15) is 0 Å². The number of methoxy groups -OCH3 is 1. The van der Waals surface area contributed by atoms with E-state index in [9.17, 15) is 14.4 Å². The van der Waals surface area contributed by atoms with E-state index in [1.165, 1.54) is 18.9 Å². The molecule has 1 unspecified atom stereocenters. The molecule has 7 nitrogen and oxygen atoms in total. The van der Waals surface area contributed by atoms with Gasteiger partial charge in [-0.3, -0.25) is 14.4 Å². The average molecular weight is 336 g/mol. The van der Waals surface area contributed by atoms with E-state index in [0.29, 0.717) is 24.2 Å². The zero-order chi connectivity index (χ0) is 18.1. The maximum atomic E-state index is 12.7. The Morgan fingerprint density at radius 1 is 1.33 bits per heavy atom. The summed E-state index contributed by atoms with van der Waals surface area (Å²) in [4.78, 5) is 37.0. The standard InChI is InChI=1S/C17H24N2O5/c1-12(17(23)24-3)11-19(8-5-9-20)16(22)14-6-4-7-15(10-14)18-13(2)21/h4,6-7,10,12,20H,5,8-9,11H2,1-3H3,(H,18,21). The van der Waals surface area contributed by atoms with Gasteiger partial charge in [-0.05, 0) is 24.6 Å². The Kier molecular flexibility index (Phi) is 7.91. The lowest BCUT2D eigenvalue weighted by molar-refractivity contribution is -0.145. The number of aliphatic hydroxyl groups excluding tert-OH is 1. The largest absolute Gasteiger partial charge is 0.469 e. The van der Waals surface area contributed by atoms with Gasteiger partial charge in [0.25, 0.3) is 5.91 Å². The van der Waals surface area contributed by atoms with E-state index in [-0.39, 0.29) is 25.0 Å². The summed E-state index contributed by atoms with van der Waals surface area (Å²) in [5.74, 6) is -1.37. The average Bonchev–Trinajstić information content (AvgIpc) is 2.56. The van der Waals surface area contributed by atoms with Gasteiger partial charge < -0.3 is 20.1 Å². The molecule has 2 N–H and O–H groups in total. The minimum atomic E-state index is -0.476. The monoisotopic (exact) mass is 336 g/mol. The topological polar surface area (TPSA) is 95.9 Å². The smallest absolute Gasteiger partial charge is 0.310 e. The second-order valence-electron chi connectivity index (χ2n) is 5.51. The molecule has 0 bridgehead atoms. The highest BCUT2D eigenvalue weighted by Crippen LogP contribution is 2.14. The number of ether oxygens (including phenoxy) is 1. The molecule has 0 heterocycles. The predicted octanol–water partition coefficient (Wildman–Crippen LogP) is 1.28. The van der Waals surface area contributed by atoms with Crippen molar-refractivity contribution in [2.24, 2.45) is 5.92 Å². The van der Waals surface area contributed by atoms with Gasteiger partial charge in [0.15, 0.2) is 0 Å². The Hall–Kier alpha value is -2.41. The normalized spacial score (nSPS) is 11.5. The lowest BCUT2D eigenvalue weighted by atomic mass is 10.1. The van der Waals surface area contributed by atoms with Crippen molar-refractivity contribution in [2.75, 3.05) is 32.1 Å². The second kappa shape index (κ2) is 9.67. The van der Waals surface area contributed by atoms with Crippen LogP contribution in [0, 0.1) is 5.92 Å². The highest BCUT2D eigenvalue weighted by molar-refractivity contribution is 5.97. The van der Waals surface area contributed by atoms with Gasteiger partial charge in [0.2, 0.25) is 5.91 Å². The molecule has 2 amide bonds. The van der Waals surface area contributed by atoms with Gasteiger partial charge in [0.05, 0.1) is 13.0 Å². The van der Waals surface area contributed by atoms with Crippen molar-refractivity contribution >= 4 is 23.5 Å². The van der Waals surface area contributed by atoms with E-state index in [0.717, 1.165) is 0 Å². The fourth-order valence-electron chi connectivity index (χ4n) is 2.26. The summed E-state index contributed by atoms with van der Waals surface area (Å²) in [5.41, 5.74) is 0.924. The van der Waals surface area contributed by atoms with Crippen molar-refractivity contribution < 1.29 is 24.2 Å². The van der Waals surface area contributed by atoms with Crippen LogP contribution >= 0.6 is 0 Å². The van der Waals surface area contributed by atoms with Crippen LogP contribution in [0.15, 0.2) is 24.3 Å². The molecule has 0 fully saturated rings. The molecular formula is C17H24N2O5. The summed E-state index contributed by atoms with van der Waals surface area (Å²) in [6.07, 6.45) is 0.408. The Morgan fingerprint density at radius 2 is 2.04 bits per heavy atom. The van der Waals surface area contributed by atoms with E-state index in [1.807, 2.05) is 0 Å². The van der Waals surface area contributed by atoms with Crippen LogP contribution in [0.2, 0.25) is 0 Å². The molecule has 0 radical (unpaired) electrons. The van der Waals surface area contributed by atoms with Gasteiger partial charge in [-0.25, -0.2) is 0 Å². The van der Waals surface area contributed by atoms with Crippen molar-refractivity contribution in [3.05, 3.63) is 29.8 Å². The molecule has 132 valence electrons. The van der Waals surface area contributed by atoms with Crippen LogP contribution in [-0.2, 0) is 14.3 Å². The molecule has 1 aromatic rings. The van der Waals surface area contributed by atoms with Crippen LogP contribution in [0.5, 0.6) is 0 Å². The fourth-order valence-corrected chi connectivity index (χ4v) is 2.26. The molecular weight excluding hydrogens is 312 g/mol. The minimum absolute atomic E-state index is 0.0533. The molecule has 0 saturated carbocycles. The molecule has 1 rings (SSSR count). The van der Waals surface area contributed by atoms with Gasteiger partial charge in [-0.15, -0.1) is 0 Å². The quantitative estimate of drug-likeness (QED) is 0.697. The molecule has 0 aromatic heterocycles. The first kappa shape index (κ1) is 19.6. The van der Waals surface area contributed by atoms with Crippen LogP contribution in [0.4, 0.5) is 5.69 Å². The number of benzene rings is 1. The van der Waals surface area contributed by atoms with Gasteiger partial charge in [0, 0.05) is 37.9 Å². The van der Waals surface area contributed by atoms with E-state index in [4.69, 9.17) is 9.84 Å². The fraction of sp³-hybridized carbons (Fsp3) is 0.471. The third kappa shape index (κ3) is 6.00. The van der Waals surface area contributed by atoms with Gasteiger partial charge >= 0.3 is 5.97 Å². The lowest BCUT2D eigenvalue weighted by Crippen LogP contribution is -2.38. The number of hydrogen-bond donors (Lipinski definition) is 2. The van der Waals surface area contributed by atoms with Crippen molar-refractivity contribution in [2.45, 2.75) is 20.3 Å². The highest BCUT2D eigenvalue weighted by atomic mass is 16.5.